The Bertz CT molecular complexity index is 851. The van der Waals surface area contributed by atoms with Crippen molar-refractivity contribution in [3.63, 3.8) is 0 Å². The zero-order valence-electron chi connectivity index (χ0n) is 14.9. The van der Waals surface area contributed by atoms with Crippen LogP contribution in [0.5, 0.6) is 0 Å². The van der Waals surface area contributed by atoms with Gasteiger partial charge >= 0.3 is 0 Å². The fourth-order valence-corrected chi connectivity index (χ4v) is 4.65. The number of hydrogen-bond donors (Lipinski definition) is 2. The van der Waals surface area contributed by atoms with E-state index in [0.29, 0.717) is 23.0 Å². The third-order valence-electron chi connectivity index (χ3n) is 5.18. The van der Waals surface area contributed by atoms with E-state index in [-0.39, 0.29) is 11.5 Å². The number of hydrogen-bond acceptors (Lipinski definition) is 6. The first-order chi connectivity index (χ1) is 12.6. The summed E-state index contributed by atoms with van der Waals surface area (Å²) in [5.74, 6) is 2.31. The predicted molar refractivity (Wildman–Crippen MR) is 103 cm³/mol. The summed E-state index contributed by atoms with van der Waals surface area (Å²) in [6.07, 6.45) is 6.08. The summed E-state index contributed by atoms with van der Waals surface area (Å²) in [5, 5.41) is 7.96. The number of H-pyrrole nitrogens is 1. The average Bonchev–Trinajstić information content (AvgIpc) is 3.31. The van der Waals surface area contributed by atoms with Gasteiger partial charge in [0.05, 0.1) is 12.2 Å². The van der Waals surface area contributed by atoms with Crippen molar-refractivity contribution in [1.82, 2.24) is 24.6 Å². The number of rotatable bonds is 4. The minimum atomic E-state index is -0.443. The second-order valence-electron chi connectivity index (χ2n) is 6.98. The summed E-state index contributed by atoms with van der Waals surface area (Å²) in [6.45, 7) is 3.35. The van der Waals surface area contributed by atoms with Gasteiger partial charge in [-0.3, -0.25) is 14.6 Å². The van der Waals surface area contributed by atoms with Gasteiger partial charge in [0.15, 0.2) is 5.65 Å². The van der Waals surface area contributed by atoms with E-state index in [1.165, 1.54) is 12.8 Å². The molecule has 0 radical (unpaired) electrons. The number of anilines is 1. The second kappa shape index (κ2) is 7.30. The fraction of sp³-hybridized carbons (Fsp3) is 0.647. The summed E-state index contributed by atoms with van der Waals surface area (Å²) in [6, 6.07) is -0.138. The lowest BCUT2D eigenvalue weighted by molar-refractivity contribution is -0.131. The first kappa shape index (κ1) is 17.4. The van der Waals surface area contributed by atoms with Gasteiger partial charge in [-0.15, -0.1) is 0 Å². The molecule has 1 saturated carbocycles. The predicted octanol–water partition coefficient (Wildman–Crippen LogP) is 1.61. The number of thioether (sulfide) groups is 1. The summed E-state index contributed by atoms with van der Waals surface area (Å²) in [4.78, 5) is 34.2. The van der Waals surface area contributed by atoms with Gasteiger partial charge in [0.1, 0.15) is 11.4 Å². The van der Waals surface area contributed by atoms with E-state index in [0.717, 1.165) is 37.4 Å². The maximum atomic E-state index is 12.6. The van der Waals surface area contributed by atoms with Gasteiger partial charge in [-0.25, -0.2) is 4.68 Å². The highest BCUT2D eigenvalue weighted by Gasteiger charge is 2.24. The van der Waals surface area contributed by atoms with E-state index >= 15 is 0 Å². The molecule has 1 amide bonds. The number of nitrogens with one attached hydrogen (secondary N) is 2. The molecular formula is C17H24N6O2S. The Balaban J connectivity index is 1.57. The zero-order chi connectivity index (χ0) is 18.1. The number of aromatic amines is 1. The maximum absolute atomic E-state index is 12.6. The molecule has 1 aliphatic carbocycles. The molecule has 8 nitrogen and oxygen atoms in total. The van der Waals surface area contributed by atoms with Crippen LogP contribution in [0, 0.1) is 0 Å². The van der Waals surface area contributed by atoms with Gasteiger partial charge in [-0.2, -0.15) is 21.8 Å². The van der Waals surface area contributed by atoms with Crippen LogP contribution in [0.3, 0.4) is 0 Å². The van der Waals surface area contributed by atoms with Crippen molar-refractivity contribution < 1.29 is 4.79 Å². The zero-order valence-corrected chi connectivity index (χ0v) is 15.7. The molecule has 0 aromatic carbocycles. The maximum Gasteiger partial charge on any atom is 0.263 e. The summed E-state index contributed by atoms with van der Waals surface area (Å²) in [5.41, 5.74) is 0.368. The SMILES string of the molecule is C[C@@H](Nc1nc2c(cnn2C2CCCC2)c(=O)[nH]1)C(=O)N1CCSCC1. The molecule has 26 heavy (non-hydrogen) atoms. The van der Waals surface area contributed by atoms with Crippen molar-refractivity contribution in [3.8, 4) is 0 Å². The van der Waals surface area contributed by atoms with Crippen LogP contribution in [0.25, 0.3) is 11.0 Å². The molecular weight excluding hydrogens is 352 g/mol. The van der Waals surface area contributed by atoms with Crippen molar-refractivity contribution in [2.24, 2.45) is 0 Å². The van der Waals surface area contributed by atoms with Crippen LogP contribution in [-0.2, 0) is 4.79 Å². The molecule has 4 rings (SSSR count). The van der Waals surface area contributed by atoms with Gasteiger partial charge in [0.25, 0.3) is 5.56 Å². The molecule has 9 heteroatoms. The van der Waals surface area contributed by atoms with E-state index in [9.17, 15) is 9.59 Å². The quantitative estimate of drug-likeness (QED) is 0.842. The number of aromatic nitrogens is 4. The van der Waals surface area contributed by atoms with E-state index in [2.05, 4.69) is 20.4 Å². The molecule has 0 spiro atoms. The van der Waals surface area contributed by atoms with Gasteiger partial charge in [0, 0.05) is 24.6 Å². The standard InChI is InChI=1S/C17H24N6O2S/c1-11(16(25)22-6-8-26-9-7-22)19-17-20-14-13(15(24)21-17)10-18-23(14)12-4-2-3-5-12/h10-12H,2-9H2,1H3,(H2,19,20,21,24)/t11-/m1/s1. The third-order valence-corrected chi connectivity index (χ3v) is 6.12. The number of amides is 1. The minimum absolute atomic E-state index is 0.0392. The monoisotopic (exact) mass is 376 g/mol. The molecule has 140 valence electrons. The Morgan fingerprint density at radius 3 is 2.81 bits per heavy atom. The number of fused-ring (bicyclic) bond motifs is 1. The molecule has 1 atom stereocenters. The molecule has 0 unspecified atom stereocenters. The molecule has 2 aromatic heterocycles. The van der Waals surface area contributed by atoms with Gasteiger partial charge < -0.3 is 10.2 Å². The van der Waals surface area contributed by atoms with Crippen LogP contribution in [-0.4, -0.2) is 61.2 Å². The van der Waals surface area contributed by atoms with Crippen molar-refractivity contribution >= 4 is 34.7 Å². The van der Waals surface area contributed by atoms with Crippen molar-refractivity contribution in [3.05, 3.63) is 16.6 Å². The van der Waals surface area contributed by atoms with E-state index in [1.54, 1.807) is 6.20 Å². The van der Waals surface area contributed by atoms with Crippen LogP contribution in [0.2, 0.25) is 0 Å². The Morgan fingerprint density at radius 1 is 1.35 bits per heavy atom. The van der Waals surface area contributed by atoms with Crippen LogP contribution < -0.4 is 10.9 Å². The smallest absolute Gasteiger partial charge is 0.263 e. The van der Waals surface area contributed by atoms with Crippen LogP contribution in [0.4, 0.5) is 5.95 Å². The van der Waals surface area contributed by atoms with Gasteiger partial charge in [-0.05, 0) is 19.8 Å². The molecule has 3 heterocycles. The summed E-state index contributed by atoms with van der Waals surface area (Å²) in [7, 11) is 0. The van der Waals surface area contributed by atoms with Crippen LogP contribution in [0.15, 0.2) is 11.0 Å². The topological polar surface area (TPSA) is 95.9 Å². The highest BCUT2D eigenvalue weighted by Crippen LogP contribution is 2.30. The highest BCUT2D eigenvalue weighted by molar-refractivity contribution is 7.99. The largest absolute Gasteiger partial charge is 0.344 e. The Hall–Kier alpha value is -2.03. The molecule has 2 N–H and O–H groups in total. The van der Waals surface area contributed by atoms with E-state index < -0.39 is 6.04 Å². The lowest BCUT2D eigenvalue weighted by Gasteiger charge is -2.29. The average molecular weight is 376 g/mol. The van der Waals surface area contributed by atoms with Crippen LogP contribution in [0.1, 0.15) is 38.6 Å². The number of carbonyl (C=O) groups is 1. The van der Waals surface area contributed by atoms with Gasteiger partial charge in [0.2, 0.25) is 11.9 Å². The molecule has 2 aliphatic rings. The minimum Gasteiger partial charge on any atom is -0.344 e. The Labute approximate surface area is 155 Å². The first-order valence-corrected chi connectivity index (χ1v) is 10.4. The molecule has 1 saturated heterocycles. The normalized spacial score (nSPS) is 19.8. The molecule has 0 bridgehead atoms. The Morgan fingerprint density at radius 2 is 2.08 bits per heavy atom. The third kappa shape index (κ3) is 3.32. The molecule has 2 fully saturated rings. The molecule has 1 aliphatic heterocycles. The summed E-state index contributed by atoms with van der Waals surface area (Å²) >= 11 is 1.87. The number of nitrogens with zero attached hydrogens (tertiary/aromatic N) is 4. The van der Waals surface area contributed by atoms with Gasteiger partial charge in [-0.1, -0.05) is 12.8 Å². The Kier molecular flexibility index (Phi) is 4.88. The summed E-state index contributed by atoms with van der Waals surface area (Å²) < 4.78 is 1.87. The van der Waals surface area contributed by atoms with Crippen molar-refractivity contribution in [2.75, 3.05) is 29.9 Å². The lowest BCUT2D eigenvalue weighted by Crippen LogP contribution is -2.45. The number of carbonyl (C=O) groups excluding carboxylic acids is 1. The highest BCUT2D eigenvalue weighted by atomic mass is 32.2. The second-order valence-corrected chi connectivity index (χ2v) is 8.21. The lowest BCUT2D eigenvalue weighted by atomic mass is 10.2. The van der Waals surface area contributed by atoms with E-state index in [1.807, 2.05) is 28.3 Å². The first-order valence-electron chi connectivity index (χ1n) is 9.24. The fourth-order valence-electron chi connectivity index (χ4n) is 3.74. The van der Waals surface area contributed by atoms with Crippen molar-refractivity contribution in [2.45, 2.75) is 44.7 Å². The van der Waals surface area contributed by atoms with Crippen LogP contribution >= 0.6 is 11.8 Å². The van der Waals surface area contributed by atoms with E-state index in [4.69, 9.17) is 0 Å². The van der Waals surface area contributed by atoms with Crippen molar-refractivity contribution in [1.29, 1.82) is 0 Å². The molecule has 2 aromatic rings.